The molecule has 34 heavy (non-hydrogen) atoms. The number of alkyl halides is 1. The number of piperazine rings is 1. The van der Waals surface area contributed by atoms with Crippen molar-refractivity contribution < 1.29 is 0 Å². The fraction of sp³-hybridized carbons (Fsp3) is 0.409. The lowest BCUT2D eigenvalue weighted by Crippen LogP contribution is -2.47. The van der Waals surface area contributed by atoms with E-state index in [9.17, 15) is 10.5 Å². The summed E-state index contributed by atoms with van der Waals surface area (Å²) in [6, 6.07) is 8.13. The van der Waals surface area contributed by atoms with Crippen LogP contribution in [0.2, 0.25) is 5.02 Å². The summed E-state index contributed by atoms with van der Waals surface area (Å²) in [5.41, 5.74) is 2.57. The van der Waals surface area contributed by atoms with Crippen LogP contribution in [0.4, 0.5) is 23.1 Å². The van der Waals surface area contributed by atoms with Gasteiger partial charge in [-0.3, -0.25) is 4.90 Å². The number of hydrogen-bond acceptors (Lipinski definition) is 9. The van der Waals surface area contributed by atoms with Gasteiger partial charge in [0.1, 0.15) is 6.07 Å². The first-order chi connectivity index (χ1) is 16.6. The highest BCUT2D eigenvalue weighted by molar-refractivity contribution is 6.36. The van der Waals surface area contributed by atoms with Crippen LogP contribution in [0.5, 0.6) is 0 Å². The van der Waals surface area contributed by atoms with Crippen LogP contribution in [0.1, 0.15) is 24.1 Å². The van der Waals surface area contributed by atoms with E-state index in [0.29, 0.717) is 45.4 Å². The number of halogens is 2. The van der Waals surface area contributed by atoms with E-state index in [1.54, 1.807) is 12.1 Å². The van der Waals surface area contributed by atoms with Gasteiger partial charge in [0.2, 0.25) is 5.95 Å². The van der Waals surface area contributed by atoms with Crippen molar-refractivity contribution >= 4 is 52.0 Å². The highest BCUT2D eigenvalue weighted by Gasteiger charge is 2.25. The molecule has 12 heteroatoms. The van der Waals surface area contributed by atoms with Gasteiger partial charge in [-0.1, -0.05) is 11.6 Å². The molecule has 0 unspecified atom stereocenters. The standard InChI is InChI=1S/C22H22Cl2N10/c23-3-4-32-5-7-33(8-6-32)18-10-14(11-25)9-17(19(18)24)29-22-30-20(28-15-1-2-15)21-27-13-16(12-26)34(21)31-22/h9-10,13,15H,1-8H2,(H2,28,29,30,31). The van der Waals surface area contributed by atoms with E-state index in [1.165, 1.54) is 10.7 Å². The molecule has 2 aromatic heterocycles. The van der Waals surface area contributed by atoms with Crippen LogP contribution in [0.25, 0.3) is 5.65 Å². The highest BCUT2D eigenvalue weighted by atomic mass is 35.5. The zero-order chi connectivity index (χ0) is 23.7. The molecule has 5 rings (SSSR count). The third-order valence-electron chi connectivity index (χ3n) is 5.94. The van der Waals surface area contributed by atoms with Gasteiger partial charge in [-0.25, -0.2) is 4.98 Å². The van der Waals surface area contributed by atoms with E-state index in [2.05, 4.69) is 47.6 Å². The minimum absolute atomic E-state index is 0.250. The lowest BCUT2D eigenvalue weighted by Gasteiger charge is -2.36. The number of anilines is 4. The summed E-state index contributed by atoms with van der Waals surface area (Å²) in [6.45, 7) is 4.16. The van der Waals surface area contributed by atoms with Gasteiger partial charge in [-0.05, 0) is 25.0 Å². The Morgan fingerprint density at radius 2 is 1.91 bits per heavy atom. The molecule has 2 fully saturated rings. The van der Waals surface area contributed by atoms with E-state index in [0.717, 1.165) is 51.3 Å². The molecular weight excluding hydrogens is 475 g/mol. The van der Waals surface area contributed by atoms with Crippen molar-refractivity contribution in [3.63, 3.8) is 0 Å². The number of benzene rings is 1. The molecule has 3 aromatic rings. The molecule has 0 bridgehead atoms. The zero-order valence-corrected chi connectivity index (χ0v) is 19.8. The first kappa shape index (κ1) is 22.5. The maximum Gasteiger partial charge on any atom is 0.247 e. The number of rotatable bonds is 7. The number of hydrogen-bond donors (Lipinski definition) is 2. The Hall–Kier alpha value is -3.31. The number of nitriles is 2. The third kappa shape index (κ3) is 4.53. The molecule has 3 heterocycles. The molecule has 1 aliphatic carbocycles. The van der Waals surface area contributed by atoms with Crippen LogP contribution in [-0.4, -0.2) is 69.1 Å². The van der Waals surface area contributed by atoms with Gasteiger partial charge in [0.15, 0.2) is 17.2 Å². The lowest BCUT2D eigenvalue weighted by atomic mass is 10.1. The number of nitrogens with one attached hydrogen (secondary N) is 2. The average molecular weight is 497 g/mol. The Morgan fingerprint density at radius 1 is 1.12 bits per heavy atom. The smallest absolute Gasteiger partial charge is 0.247 e. The maximum absolute atomic E-state index is 9.63. The molecule has 10 nitrogen and oxygen atoms in total. The molecule has 2 N–H and O–H groups in total. The Morgan fingerprint density at radius 3 is 2.59 bits per heavy atom. The lowest BCUT2D eigenvalue weighted by molar-refractivity contribution is 0.272. The third-order valence-corrected chi connectivity index (χ3v) is 6.50. The maximum atomic E-state index is 9.63. The second kappa shape index (κ2) is 9.51. The second-order valence-corrected chi connectivity index (χ2v) is 9.06. The van der Waals surface area contributed by atoms with Crippen LogP contribution >= 0.6 is 23.2 Å². The monoisotopic (exact) mass is 496 g/mol. The Balaban J connectivity index is 1.48. The predicted molar refractivity (Wildman–Crippen MR) is 131 cm³/mol. The molecule has 1 aliphatic heterocycles. The topological polar surface area (TPSA) is 121 Å². The highest BCUT2D eigenvalue weighted by Crippen LogP contribution is 2.36. The van der Waals surface area contributed by atoms with Gasteiger partial charge in [0.05, 0.1) is 34.2 Å². The molecule has 0 amide bonds. The number of nitrogens with zero attached hydrogens (tertiary/aromatic N) is 8. The summed E-state index contributed by atoms with van der Waals surface area (Å²) in [7, 11) is 0. The number of imidazole rings is 1. The molecule has 0 spiro atoms. The molecule has 0 atom stereocenters. The molecular formula is C22H22Cl2N10. The number of fused-ring (bicyclic) bond motifs is 1. The van der Waals surface area contributed by atoms with Gasteiger partial charge in [-0.15, -0.1) is 16.7 Å². The summed E-state index contributed by atoms with van der Waals surface area (Å²) in [5, 5.41) is 30.5. The van der Waals surface area contributed by atoms with Crippen molar-refractivity contribution in [2.24, 2.45) is 0 Å². The van der Waals surface area contributed by atoms with Gasteiger partial charge in [0, 0.05) is 44.6 Å². The largest absolute Gasteiger partial charge is 0.368 e. The van der Waals surface area contributed by atoms with Gasteiger partial charge in [0.25, 0.3) is 0 Å². The zero-order valence-electron chi connectivity index (χ0n) is 18.3. The minimum atomic E-state index is 0.250. The summed E-state index contributed by atoms with van der Waals surface area (Å²) in [4.78, 5) is 13.4. The van der Waals surface area contributed by atoms with E-state index < -0.39 is 0 Å². The molecule has 1 aromatic carbocycles. The molecule has 1 saturated carbocycles. The molecule has 174 valence electrons. The molecule has 0 radical (unpaired) electrons. The summed E-state index contributed by atoms with van der Waals surface area (Å²) < 4.78 is 1.46. The summed E-state index contributed by atoms with van der Waals surface area (Å²) >= 11 is 12.7. The fourth-order valence-electron chi connectivity index (χ4n) is 3.98. The van der Waals surface area contributed by atoms with Crippen molar-refractivity contribution in [3.8, 4) is 12.1 Å². The van der Waals surface area contributed by atoms with E-state index in [-0.39, 0.29) is 5.95 Å². The number of aromatic nitrogens is 4. The van der Waals surface area contributed by atoms with Crippen LogP contribution in [0, 0.1) is 22.7 Å². The average Bonchev–Trinajstić information content (AvgIpc) is 3.57. The Kier molecular flexibility index (Phi) is 6.29. The van der Waals surface area contributed by atoms with Gasteiger partial charge >= 0.3 is 0 Å². The van der Waals surface area contributed by atoms with Crippen molar-refractivity contribution in [3.05, 3.63) is 34.6 Å². The second-order valence-electron chi connectivity index (χ2n) is 8.30. The Labute approximate surface area is 206 Å². The van der Waals surface area contributed by atoms with Crippen LogP contribution < -0.4 is 15.5 Å². The fourth-order valence-corrected chi connectivity index (χ4v) is 4.49. The van der Waals surface area contributed by atoms with Crippen LogP contribution in [-0.2, 0) is 0 Å². The van der Waals surface area contributed by atoms with E-state index >= 15 is 0 Å². The van der Waals surface area contributed by atoms with Crippen LogP contribution in [0.15, 0.2) is 18.3 Å². The summed E-state index contributed by atoms with van der Waals surface area (Å²) in [6.07, 6.45) is 3.59. The quantitative estimate of drug-likeness (QED) is 0.474. The first-order valence-electron chi connectivity index (χ1n) is 11.1. The molecule has 1 saturated heterocycles. The van der Waals surface area contributed by atoms with Crippen molar-refractivity contribution in [1.29, 1.82) is 10.5 Å². The van der Waals surface area contributed by atoms with Gasteiger partial charge in [-0.2, -0.15) is 20.0 Å². The van der Waals surface area contributed by atoms with Crippen molar-refractivity contribution in [1.82, 2.24) is 24.5 Å². The summed E-state index contributed by atoms with van der Waals surface area (Å²) in [5.74, 6) is 1.40. The van der Waals surface area contributed by atoms with Gasteiger partial charge < -0.3 is 15.5 Å². The Bertz CT molecular complexity index is 1300. The van der Waals surface area contributed by atoms with Crippen LogP contribution in [0.3, 0.4) is 0 Å². The van der Waals surface area contributed by atoms with Crippen molar-refractivity contribution in [2.75, 3.05) is 54.1 Å². The van der Waals surface area contributed by atoms with Crippen molar-refractivity contribution in [2.45, 2.75) is 18.9 Å². The predicted octanol–water partition coefficient (Wildman–Crippen LogP) is 3.20. The SMILES string of the molecule is N#Cc1cc(Nc2nc(NC3CC3)c3ncc(C#N)n3n2)c(Cl)c(N2CCN(CCCl)CC2)c1. The molecule has 2 aliphatic rings. The normalized spacial score (nSPS) is 16.3. The van der Waals surface area contributed by atoms with E-state index in [1.807, 2.05) is 0 Å². The minimum Gasteiger partial charge on any atom is -0.368 e. The first-order valence-corrected chi connectivity index (χ1v) is 12.0. The van der Waals surface area contributed by atoms with E-state index in [4.69, 9.17) is 23.2 Å².